The van der Waals surface area contributed by atoms with Crippen LogP contribution in [0.4, 0.5) is 0 Å². The summed E-state index contributed by atoms with van der Waals surface area (Å²) in [6.45, 7) is 5.76. The van der Waals surface area contributed by atoms with Crippen LogP contribution in [0.2, 0.25) is 0 Å². The van der Waals surface area contributed by atoms with Gasteiger partial charge in [0.2, 0.25) is 0 Å². The fourth-order valence-corrected chi connectivity index (χ4v) is 2.74. The molecule has 0 amide bonds. The molecule has 0 bridgehead atoms. The Morgan fingerprint density at radius 3 is 2.04 bits per heavy atom. The number of ether oxygens (including phenoxy) is 2. The van der Waals surface area contributed by atoms with Gasteiger partial charge in [-0.3, -0.25) is 0 Å². The summed E-state index contributed by atoms with van der Waals surface area (Å²) in [5.74, 6) is 0.906. The number of benzene rings is 1. The molecule has 24 heavy (non-hydrogen) atoms. The molecule has 0 aliphatic heterocycles. The molecule has 0 fully saturated rings. The quantitative estimate of drug-likeness (QED) is 0.414. The highest BCUT2D eigenvalue weighted by Gasteiger charge is 1.95. The van der Waals surface area contributed by atoms with Crippen molar-refractivity contribution in [2.75, 3.05) is 26.9 Å². The predicted molar refractivity (Wildman–Crippen MR) is 103 cm³/mol. The SMILES string of the molecule is CCCCCCCCCCCOCCNCc1ccc(OC)cc1. The molecule has 1 aromatic carbocycles. The fourth-order valence-electron chi connectivity index (χ4n) is 2.74. The molecule has 1 aromatic rings. The summed E-state index contributed by atoms with van der Waals surface area (Å²) in [5.41, 5.74) is 1.27. The molecule has 3 nitrogen and oxygen atoms in total. The van der Waals surface area contributed by atoms with Gasteiger partial charge in [-0.2, -0.15) is 0 Å². The monoisotopic (exact) mass is 335 g/mol. The summed E-state index contributed by atoms with van der Waals surface area (Å²) in [6, 6.07) is 8.18. The van der Waals surface area contributed by atoms with E-state index in [9.17, 15) is 0 Å². The van der Waals surface area contributed by atoms with Crippen LogP contribution in [0.25, 0.3) is 0 Å². The molecule has 1 rings (SSSR count). The number of hydrogen-bond acceptors (Lipinski definition) is 3. The third-order valence-electron chi connectivity index (χ3n) is 4.30. The lowest BCUT2D eigenvalue weighted by Crippen LogP contribution is -2.19. The number of hydrogen-bond donors (Lipinski definition) is 1. The Morgan fingerprint density at radius 2 is 1.42 bits per heavy atom. The van der Waals surface area contributed by atoms with Gasteiger partial charge < -0.3 is 14.8 Å². The Labute approximate surface area is 149 Å². The molecule has 0 heterocycles. The van der Waals surface area contributed by atoms with E-state index in [1.54, 1.807) is 7.11 Å². The van der Waals surface area contributed by atoms with Gasteiger partial charge in [-0.25, -0.2) is 0 Å². The average Bonchev–Trinajstić information content (AvgIpc) is 2.62. The predicted octanol–water partition coefficient (Wildman–Crippen LogP) is 5.33. The van der Waals surface area contributed by atoms with E-state index in [1.807, 2.05) is 12.1 Å². The van der Waals surface area contributed by atoms with Gasteiger partial charge >= 0.3 is 0 Å². The second kappa shape index (κ2) is 15.5. The second-order valence-corrected chi connectivity index (χ2v) is 6.47. The zero-order chi connectivity index (χ0) is 17.3. The van der Waals surface area contributed by atoms with E-state index in [0.29, 0.717) is 0 Å². The van der Waals surface area contributed by atoms with E-state index >= 15 is 0 Å². The van der Waals surface area contributed by atoms with Gasteiger partial charge in [-0.05, 0) is 24.1 Å². The van der Waals surface area contributed by atoms with Crippen LogP contribution in [-0.2, 0) is 11.3 Å². The van der Waals surface area contributed by atoms with Gasteiger partial charge in [0.25, 0.3) is 0 Å². The van der Waals surface area contributed by atoms with Crippen LogP contribution in [0.3, 0.4) is 0 Å². The molecule has 0 aromatic heterocycles. The van der Waals surface area contributed by atoms with Crippen molar-refractivity contribution < 1.29 is 9.47 Å². The first kappa shape index (κ1) is 21.0. The Balaban J connectivity index is 1.80. The second-order valence-electron chi connectivity index (χ2n) is 6.47. The zero-order valence-corrected chi connectivity index (χ0v) is 15.8. The molecule has 0 atom stereocenters. The van der Waals surface area contributed by atoms with E-state index < -0.39 is 0 Å². The number of nitrogens with one attached hydrogen (secondary N) is 1. The van der Waals surface area contributed by atoms with Gasteiger partial charge in [-0.15, -0.1) is 0 Å². The molecule has 0 saturated heterocycles. The van der Waals surface area contributed by atoms with Crippen molar-refractivity contribution in [1.29, 1.82) is 0 Å². The molecular formula is C21H37NO2. The lowest BCUT2D eigenvalue weighted by Gasteiger charge is -2.07. The molecular weight excluding hydrogens is 298 g/mol. The number of unbranched alkanes of at least 4 members (excludes halogenated alkanes) is 8. The summed E-state index contributed by atoms with van der Waals surface area (Å²) in [7, 11) is 1.69. The lowest BCUT2D eigenvalue weighted by molar-refractivity contribution is 0.131. The van der Waals surface area contributed by atoms with Gasteiger partial charge in [0.1, 0.15) is 5.75 Å². The van der Waals surface area contributed by atoms with Crippen LogP contribution >= 0.6 is 0 Å². The Morgan fingerprint density at radius 1 is 0.792 bits per heavy atom. The van der Waals surface area contributed by atoms with Gasteiger partial charge in [0.15, 0.2) is 0 Å². The highest BCUT2D eigenvalue weighted by molar-refractivity contribution is 5.26. The van der Waals surface area contributed by atoms with Crippen LogP contribution in [0.15, 0.2) is 24.3 Å². The Hall–Kier alpha value is -1.06. The molecule has 0 aliphatic carbocycles. The molecule has 1 N–H and O–H groups in total. The third-order valence-corrected chi connectivity index (χ3v) is 4.30. The maximum absolute atomic E-state index is 5.69. The summed E-state index contributed by atoms with van der Waals surface area (Å²) >= 11 is 0. The zero-order valence-electron chi connectivity index (χ0n) is 15.8. The maximum atomic E-state index is 5.69. The van der Waals surface area contributed by atoms with Crippen LogP contribution < -0.4 is 10.1 Å². The largest absolute Gasteiger partial charge is 0.497 e. The van der Waals surface area contributed by atoms with E-state index in [1.165, 1.54) is 63.4 Å². The first-order valence-electron chi connectivity index (χ1n) is 9.78. The Kier molecular flexibility index (Phi) is 13.5. The molecule has 0 spiro atoms. The van der Waals surface area contributed by atoms with Crippen LogP contribution in [0, 0.1) is 0 Å². The lowest BCUT2D eigenvalue weighted by atomic mass is 10.1. The highest BCUT2D eigenvalue weighted by Crippen LogP contribution is 2.11. The van der Waals surface area contributed by atoms with Crippen molar-refractivity contribution in [3.63, 3.8) is 0 Å². The maximum Gasteiger partial charge on any atom is 0.118 e. The summed E-state index contributed by atoms with van der Waals surface area (Å²) in [6.07, 6.45) is 12.3. The minimum Gasteiger partial charge on any atom is -0.497 e. The smallest absolute Gasteiger partial charge is 0.118 e. The van der Waals surface area contributed by atoms with E-state index in [2.05, 4.69) is 24.4 Å². The standard InChI is InChI=1S/C21H37NO2/c1-3-4-5-6-7-8-9-10-11-17-24-18-16-22-19-20-12-14-21(23-2)15-13-20/h12-15,22H,3-11,16-19H2,1-2H3. The number of methoxy groups -OCH3 is 1. The van der Waals surface area contributed by atoms with Crippen molar-refractivity contribution in [2.45, 2.75) is 71.3 Å². The normalized spacial score (nSPS) is 10.9. The van der Waals surface area contributed by atoms with Gasteiger partial charge in [0.05, 0.1) is 13.7 Å². The van der Waals surface area contributed by atoms with Crippen LogP contribution in [0.5, 0.6) is 5.75 Å². The van der Waals surface area contributed by atoms with E-state index in [-0.39, 0.29) is 0 Å². The van der Waals surface area contributed by atoms with Gasteiger partial charge in [-0.1, -0.05) is 70.4 Å². The molecule has 0 aliphatic rings. The summed E-state index contributed by atoms with van der Waals surface area (Å²) in [4.78, 5) is 0. The van der Waals surface area contributed by atoms with E-state index in [0.717, 1.165) is 32.1 Å². The fraction of sp³-hybridized carbons (Fsp3) is 0.714. The third kappa shape index (κ3) is 11.5. The van der Waals surface area contributed by atoms with Crippen molar-refractivity contribution in [2.24, 2.45) is 0 Å². The summed E-state index contributed by atoms with van der Waals surface area (Å²) in [5, 5.41) is 3.41. The van der Waals surface area contributed by atoms with Crippen molar-refractivity contribution in [3.8, 4) is 5.75 Å². The van der Waals surface area contributed by atoms with Crippen LogP contribution in [-0.4, -0.2) is 26.9 Å². The minimum absolute atomic E-state index is 0.799. The first-order chi connectivity index (χ1) is 11.9. The molecule has 0 saturated carbocycles. The number of rotatable bonds is 16. The van der Waals surface area contributed by atoms with Gasteiger partial charge in [0, 0.05) is 19.7 Å². The van der Waals surface area contributed by atoms with E-state index in [4.69, 9.17) is 9.47 Å². The molecule has 3 heteroatoms. The minimum atomic E-state index is 0.799. The van der Waals surface area contributed by atoms with Crippen molar-refractivity contribution in [3.05, 3.63) is 29.8 Å². The van der Waals surface area contributed by atoms with Crippen molar-refractivity contribution >= 4 is 0 Å². The molecule has 0 unspecified atom stereocenters. The van der Waals surface area contributed by atoms with Crippen LogP contribution in [0.1, 0.15) is 70.3 Å². The highest BCUT2D eigenvalue weighted by atomic mass is 16.5. The van der Waals surface area contributed by atoms with Crippen molar-refractivity contribution in [1.82, 2.24) is 5.32 Å². The average molecular weight is 336 g/mol. The topological polar surface area (TPSA) is 30.5 Å². The summed E-state index contributed by atoms with van der Waals surface area (Å²) < 4.78 is 10.8. The first-order valence-corrected chi connectivity index (χ1v) is 9.78. The molecule has 0 radical (unpaired) electrons. The molecule has 138 valence electrons. The Bertz CT molecular complexity index is 378.